The van der Waals surface area contributed by atoms with Crippen LogP contribution in [0.25, 0.3) is 0 Å². The van der Waals surface area contributed by atoms with Gasteiger partial charge in [-0.2, -0.15) is 0 Å². The van der Waals surface area contributed by atoms with Crippen molar-refractivity contribution in [1.82, 2.24) is 9.80 Å². The van der Waals surface area contributed by atoms with Crippen molar-refractivity contribution in [2.24, 2.45) is 0 Å². The van der Waals surface area contributed by atoms with Crippen LogP contribution in [0.4, 0.5) is 0 Å². The Morgan fingerprint density at radius 2 is 1.32 bits per heavy atom. The van der Waals surface area contributed by atoms with Crippen LogP contribution in [0.5, 0.6) is 11.5 Å². The maximum atomic E-state index is 12.7. The van der Waals surface area contributed by atoms with Gasteiger partial charge in [-0.15, -0.1) is 0 Å². The molecule has 0 bridgehead atoms. The van der Waals surface area contributed by atoms with E-state index in [9.17, 15) is 9.59 Å². The first kappa shape index (κ1) is 17.9. The fourth-order valence-electron chi connectivity index (χ4n) is 3.14. The molecule has 0 N–H and O–H groups in total. The summed E-state index contributed by atoms with van der Waals surface area (Å²) in [6.45, 7) is 1.96. The van der Waals surface area contributed by atoms with E-state index in [1.54, 1.807) is 46.2 Å². The monoisotopic (exact) mass is 376 g/mol. The minimum Gasteiger partial charge on any atom is -0.459 e. The Hall–Kier alpha value is -3.54. The number of rotatable bonds is 4. The molecule has 2 aromatic carbocycles. The zero-order chi connectivity index (χ0) is 19.3. The average Bonchev–Trinajstić information content (AvgIpc) is 3.29. The van der Waals surface area contributed by atoms with Gasteiger partial charge in [-0.25, -0.2) is 0 Å². The van der Waals surface area contributed by atoms with E-state index < -0.39 is 0 Å². The molecular weight excluding hydrogens is 356 g/mol. The van der Waals surface area contributed by atoms with E-state index in [1.807, 2.05) is 30.3 Å². The second kappa shape index (κ2) is 8.00. The molecule has 1 aliphatic rings. The summed E-state index contributed by atoms with van der Waals surface area (Å²) in [5.74, 6) is 1.57. The van der Waals surface area contributed by atoms with Crippen LogP contribution >= 0.6 is 0 Å². The number of amides is 2. The van der Waals surface area contributed by atoms with E-state index >= 15 is 0 Å². The van der Waals surface area contributed by atoms with Gasteiger partial charge < -0.3 is 19.0 Å². The lowest BCUT2D eigenvalue weighted by atomic mass is 10.1. The summed E-state index contributed by atoms with van der Waals surface area (Å²) in [5, 5.41) is 0. The minimum absolute atomic E-state index is 0.0450. The SMILES string of the molecule is O=C(c1ccc(Oc2ccccc2)cc1)N1CCN(C(=O)c2ccco2)CC1. The van der Waals surface area contributed by atoms with E-state index in [2.05, 4.69) is 0 Å². The predicted octanol–water partition coefficient (Wildman–Crippen LogP) is 3.67. The highest BCUT2D eigenvalue weighted by Gasteiger charge is 2.26. The molecule has 6 heteroatoms. The molecule has 142 valence electrons. The summed E-state index contributed by atoms with van der Waals surface area (Å²) < 4.78 is 10.9. The van der Waals surface area contributed by atoms with Gasteiger partial charge >= 0.3 is 0 Å². The van der Waals surface area contributed by atoms with Gasteiger partial charge in [0.25, 0.3) is 11.8 Å². The number of carbonyl (C=O) groups is 2. The molecule has 0 spiro atoms. The Bertz CT molecular complexity index is 928. The third kappa shape index (κ3) is 3.91. The summed E-state index contributed by atoms with van der Waals surface area (Å²) in [7, 11) is 0. The molecule has 3 aromatic rings. The van der Waals surface area contributed by atoms with Crippen LogP contribution in [-0.2, 0) is 0 Å². The molecule has 0 atom stereocenters. The van der Waals surface area contributed by atoms with Crippen molar-refractivity contribution in [2.45, 2.75) is 0 Å². The Kier molecular flexibility index (Phi) is 5.10. The molecule has 1 saturated heterocycles. The normalized spacial score (nSPS) is 14.0. The van der Waals surface area contributed by atoms with Gasteiger partial charge in [-0.3, -0.25) is 9.59 Å². The summed E-state index contributed by atoms with van der Waals surface area (Å²) in [5.41, 5.74) is 0.603. The molecule has 4 rings (SSSR count). The molecule has 2 heterocycles. The first-order valence-electron chi connectivity index (χ1n) is 9.16. The van der Waals surface area contributed by atoms with Crippen LogP contribution in [0.3, 0.4) is 0 Å². The molecular formula is C22H20N2O4. The molecule has 0 radical (unpaired) electrons. The number of para-hydroxylation sites is 1. The third-order valence-electron chi connectivity index (χ3n) is 4.67. The lowest BCUT2D eigenvalue weighted by Gasteiger charge is -2.34. The third-order valence-corrected chi connectivity index (χ3v) is 4.67. The first-order chi connectivity index (χ1) is 13.7. The van der Waals surface area contributed by atoms with Crippen molar-refractivity contribution in [3.63, 3.8) is 0 Å². The highest BCUT2D eigenvalue weighted by molar-refractivity contribution is 5.95. The fourth-order valence-corrected chi connectivity index (χ4v) is 3.14. The second-order valence-electron chi connectivity index (χ2n) is 6.50. The molecule has 1 aliphatic heterocycles. The summed E-state index contributed by atoms with van der Waals surface area (Å²) in [4.78, 5) is 28.5. The Morgan fingerprint density at radius 1 is 0.714 bits per heavy atom. The molecule has 28 heavy (non-hydrogen) atoms. The Morgan fingerprint density at radius 3 is 1.93 bits per heavy atom. The van der Waals surface area contributed by atoms with Crippen molar-refractivity contribution < 1.29 is 18.7 Å². The summed E-state index contributed by atoms with van der Waals surface area (Å²) >= 11 is 0. The fraction of sp³-hybridized carbons (Fsp3) is 0.182. The largest absolute Gasteiger partial charge is 0.459 e. The molecule has 0 aliphatic carbocycles. The number of hydrogen-bond acceptors (Lipinski definition) is 4. The molecule has 0 saturated carbocycles. The lowest BCUT2D eigenvalue weighted by Crippen LogP contribution is -2.50. The van der Waals surface area contributed by atoms with Crippen LogP contribution in [0, 0.1) is 0 Å². The second-order valence-corrected chi connectivity index (χ2v) is 6.50. The highest BCUT2D eigenvalue weighted by Crippen LogP contribution is 2.22. The van der Waals surface area contributed by atoms with Crippen LogP contribution in [0.15, 0.2) is 77.4 Å². The van der Waals surface area contributed by atoms with Crippen molar-refractivity contribution in [1.29, 1.82) is 0 Å². The zero-order valence-corrected chi connectivity index (χ0v) is 15.3. The topological polar surface area (TPSA) is 63.0 Å². The number of benzene rings is 2. The smallest absolute Gasteiger partial charge is 0.289 e. The maximum absolute atomic E-state index is 12.7. The van der Waals surface area contributed by atoms with Gasteiger partial charge in [-0.1, -0.05) is 18.2 Å². The standard InChI is InChI=1S/C22H20N2O4/c25-21(17-8-10-19(11-9-17)28-18-5-2-1-3-6-18)23-12-14-24(15-13-23)22(26)20-7-4-16-27-20/h1-11,16H,12-15H2. The van der Waals surface area contributed by atoms with Crippen molar-refractivity contribution in [3.05, 3.63) is 84.3 Å². The van der Waals surface area contributed by atoms with Crippen molar-refractivity contribution >= 4 is 11.8 Å². The highest BCUT2D eigenvalue weighted by atomic mass is 16.5. The molecule has 1 aromatic heterocycles. The van der Waals surface area contributed by atoms with Gasteiger partial charge in [-0.05, 0) is 48.5 Å². The Labute approximate surface area is 162 Å². The number of ether oxygens (including phenoxy) is 1. The van der Waals surface area contributed by atoms with Crippen LogP contribution in [-0.4, -0.2) is 47.8 Å². The lowest BCUT2D eigenvalue weighted by molar-refractivity contribution is 0.0518. The van der Waals surface area contributed by atoms with Gasteiger partial charge in [0.1, 0.15) is 11.5 Å². The van der Waals surface area contributed by atoms with Crippen LogP contribution < -0.4 is 4.74 Å². The number of piperazine rings is 1. The number of hydrogen-bond donors (Lipinski definition) is 0. The number of nitrogens with zero attached hydrogens (tertiary/aromatic N) is 2. The molecule has 6 nitrogen and oxygen atoms in total. The Balaban J connectivity index is 1.34. The van der Waals surface area contributed by atoms with E-state index in [0.717, 1.165) is 5.75 Å². The van der Waals surface area contributed by atoms with Gasteiger partial charge in [0.05, 0.1) is 6.26 Å². The van der Waals surface area contributed by atoms with E-state index in [0.29, 0.717) is 43.3 Å². The van der Waals surface area contributed by atoms with Gasteiger partial charge in [0.15, 0.2) is 5.76 Å². The van der Waals surface area contributed by atoms with E-state index in [1.165, 1.54) is 6.26 Å². The van der Waals surface area contributed by atoms with Crippen LogP contribution in [0.2, 0.25) is 0 Å². The molecule has 0 unspecified atom stereocenters. The summed E-state index contributed by atoms with van der Waals surface area (Å²) in [6, 6.07) is 19.9. The zero-order valence-electron chi connectivity index (χ0n) is 15.3. The van der Waals surface area contributed by atoms with E-state index in [4.69, 9.17) is 9.15 Å². The number of carbonyl (C=O) groups excluding carboxylic acids is 2. The van der Waals surface area contributed by atoms with Crippen molar-refractivity contribution in [2.75, 3.05) is 26.2 Å². The predicted molar refractivity (Wildman–Crippen MR) is 103 cm³/mol. The average molecular weight is 376 g/mol. The summed E-state index contributed by atoms with van der Waals surface area (Å²) in [6.07, 6.45) is 1.48. The molecule has 1 fully saturated rings. The first-order valence-corrected chi connectivity index (χ1v) is 9.16. The van der Waals surface area contributed by atoms with Gasteiger partial charge in [0, 0.05) is 31.7 Å². The number of furan rings is 1. The van der Waals surface area contributed by atoms with Crippen molar-refractivity contribution in [3.8, 4) is 11.5 Å². The van der Waals surface area contributed by atoms with E-state index in [-0.39, 0.29) is 11.8 Å². The molecule has 2 amide bonds. The quantitative estimate of drug-likeness (QED) is 0.697. The van der Waals surface area contributed by atoms with Gasteiger partial charge in [0.2, 0.25) is 0 Å². The maximum Gasteiger partial charge on any atom is 0.289 e. The van der Waals surface area contributed by atoms with Crippen LogP contribution in [0.1, 0.15) is 20.9 Å². The minimum atomic E-state index is -0.139.